The van der Waals surface area contributed by atoms with Gasteiger partial charge in [-0.05, 0) is 52.0 Å². The number of hydrogen-bond donors (Lipinski definition) is 4. The van der Waals surface area contributed by atoms with Crippen LogP contribution >= 0.6 is 0 Å². The zero-order valence-electron chi connectivity index (χ0n) is 23.3. The molecule has 208 valence electrons. The molecule has 2 amide bonds. The van der Waals surface area contributed by atoms with E-state index in [1.54, 1.807) is 7.05 Å². The van der Waals surface area contributed by atoms with Gasteiger partial charge in [-0.25, -0.2) is 0 Å². The minimum Gasteiger partial charge on any atom is -0.370 e. The summed E-state index contributed by atoms with van der Waals surface area (Å²) in [7, 11) is 3.54. The number of nitrogens with one attached hydrogen (secondary N) is 3. The van der Waals surface area contributed by atoms with E-state index in [0.717, 1.165) is 44.9 Å². The van der Waals surface area contributed by atoms with Gasteiger partial charge in [0.25, 0.3) is 0 Å². The summed E-state index contributed by atoms with van der Waals surface area (Å²) < 4.78 is 0. The maximum absolute atomic E-state index is 12.0. The second-order valence-electron chi connectivity index (χ2n) is 8.84. The van der Waals surface area contributed by atoms with Crippen molar-refractivity contribution >= 4 is 17.8 Å². The van der Waals surface area contributed by atoms with Gasteiger partial charge in [0.1, 0.15) is 0 Å². The normalized spacial score (nSPS) is 12.1. The van der Waals surface area contributed by atoms with E-state index in [9.17, 15) is 9.59 Å². The molecule has 0 fully saturated rings. The Morgan fingerprint density at radius 1 is 0.757 bits per heavy atom. The molecule has 0 heterocycles. The maximum atomic E-state index is 12.0. The topological polar surface area (TPSA) is 115 Å². The molecule has 0 aliphatic carbocycles. The van der Waals surface area contributed by atoms with Crippen molar-refractivity contribution < 1.29 is 9.59 Å². The molecule has 0 saturated heterocycles. The molecule has 0 aromatic heterocycles. The molecule has 0 aliphatic rings. The lowest BCUT2D eigenvalue weighted by molar-refractivity contribution is -0.121. The lowest BCUT2D eigenvalue weighted by Crippen LogP contribution is -2.43. The molecule has 8 heteroatoms. The quantitative estimate of drug-likeness (QED) is 0.0803. The predicted octanol–water partition coefficient (Wildman–Crippen LogP) is 3.90. The van der Waals surface area contributed by atoms with Crippen molar-refractivity contribution in [1.82, 2.24) is 20.4 Å². The molecule has 0 aromatic rings. The fraction of sp³-hybridized carbons (Fsp3) is 0.552. The second kappa shape index (κ2) is 24.6. The van der Waals surface area contributed by atoms with Gasteiger partial charge in [-0.15, -0.1) is 0 Å². The third-order valence-corrected chi connectivity index (χ3v) is 5.36. The number of nitrogens with two attached hydrogens (primary N) is 1. The summed E-state index contributed by atoms with van der Waals surface area (Å²) in [5.74, 6) is -0.242. The van der Waals surface area contributed by atoms with Crippen LogP contribution in [0.5, 0.6) is 0 Å². The first kappa shape index (κ1) is 33.9. The standard InChI is InChI=1S/C29H50N6O2/c1-4-5-6-7-8-9-10-11-12-13-14-15-16-17-18-19-20-21-27(36)32-22-24-34(2)25-23-33-28(37)26-35(3)29(30)31/h5-6,8-9,11-12,14-15,17-18H,4,7,10,13,16,19-26H2,1-3H3,(H3,30,31)(H,32,36)(H,33,37)/b6-5-,9-8-,12-11-,15-14-,18-17-. The number of carbonyl (C=O) groups is 2. The highest BCUT2D eigenvalue weighted by Crippen LogP contribution is 1.99. The van der Waals surface area contributed by atoms with E-state index in [2.05, 4.69) is 78.3 Å². The van der Waals surface area contributed by atoms with Gasteiger partial charge >= 0.3 is 0 Å². The zero-order valence-corrected chi connectivity index (χ0v) is 23.3. The van der Waals surface area contributed by atoms with Crippen LogP contribution in [0.15, 0.2) is 60.8 Å². The van der Waals surface area contributed by atoms with E-state index in [0.29, 0.717) is 32.6 Å². The van der Waals surface area contributed by atoms with Crippen LogP contribution < -0.4 is 16.4 Å². The first-order valence-electron chi connectivity index (χ1n) is 13.4. The van der Waals surface area contributed by atoms with Gasteiger partial charge in [-0.3, -0.25) is 15.0 Å². The fourth-order valence-corrected chi connectivity index (χ4v) is 3.08. The number of guanidine groups is 1. The highest BCUT2D eigenvalue weighted by atomic mass is 16.2. The summed E-state index contributed by atoms with van der Waals surface area (Å²) in [6.45, 7) is 4.68. The van der Waals surface area contributed by atoms with Crippen LogP contribution in [0.2, 0.25) is 0 Å². The largest absolute Gasteiger partial charge is 0.370 e. The van der Waals surface area contributed by atoms with E-state index in [-0.39, 0.29) is 24.3 Å². The van der Waals surface area contributed by atoms with Crippen molar-refractivity contribution in [2.45, 2.75) is 58.3 Å². The molecule has 0 atom stereocenters. The van der Waals surface area contributed by atoms with Crippen LogP contribution in [0.3, 0.4) is 0 Å². The highest BCUT2D eigenvalue weighted by molar-refractivity contribution is 5.83. The molecule has 37 heavy (non-hydrogen) atoms. The van der Waals surface area contributed by atoms with Crippen molar-refractivity contribution in [2.75, 3.05) is 46.8 Å². The molecule has 0 aromatic carbocycles. The van der Waals surface area contributed by atoms with Crippen molar-refractivity contribution in [3.05, 3.63) is 60.8 Å². The number of carbonyl (C=O) groups excluding carboxylic acids is 2. The van der Waals surface area contributed by atoms with E-state index >= 15 is 0 Å². The van der Waals surface area contributed by atoms with Gasteiger partial charge in [-0.1, -0.05) is 67.7 Å². The molecular weight excluding hydrogens is 464 g/mol. The number of nitrogens with zero attached hydrogens (tertiary/aromatic N) is 2. The molecule has 0 unspecified atom stereocenters. The Morgan fingerprint density at radius 3 is 1.70 bits per heavy atom. The summed E-state index contributed by atoms with van der Waals surface area (Å²) in [6.07, 6.45) is 29.1. The third kappa shape index (κ3) is 24.3. The van der Waals surface area contributed by atoms with Crippen molar-refractivity contribution in [1.29, 1.82) is 5.41 Å². The summed E-state index contributed by atoms with van der Waals surface area (Å²) in [6, 6.07) is 0. The van der Waals surface area contributed by atoms with Crippen molar-refractivity contribution in [3.8, 4) is 0 Å². The van der Waals surface area contributed by atoms with Crippen molar-refractivity contribution in [3.63, 3.8) is 0 Å². The van der Waals surface area contributed by atoms with Crippen LogP contribution in [0, 0.1) is 5.41 Å². The predicted molar refractivity (Wildman–Crippen MR) is 156 cm³/mol. The van der Waals surface area contributed by atoms with Crippen LogP contribution in [-0.2, 0) is 9.59 Å². The average molecular weight is 515 g/mol. The molecule has 8 nitrogen and oxygen atoms in total. The number of allylic oxidation sites excluding steroid dienone is 10. The van der Waals surface area contributed by atoms with E-state index in [1.807, 2.05) is 11.9 Å². The Hall–Kier alpha value is -3.13. The summed E-state index contributed by atoms with van der Waals surface area (Å²) >= 11 is 0. The lowest BCUT2D eigenvalue weighted by Gasteiger charge is -2.19. The highest BCUT2D eigenvalue weighted by Gasteiger charge is 2.07. The van der Waals surface area contributed by atoms with Gasteiger partial charge in [0.2, 0.25) is 11.8 Å². The number of unbranched alkanes of at least 4 members (excludes halogenated alkanes) is 1. The van der Waals surface area contributed by atoms with E-state index in [1.165, 1.54) is 4.90 Å². The Morgan fingerprint density at radius 2 is 1.22 bits per heavy atom. The third-order valence-electron chi connectivity index (χ3n) is 5.36. The Kier molecular flexibility index (Phi) is 22.5. The molecule has 0 rings (SSSR count). The Labute approximate surface area is 224 Å². The molecule has 0 radical (unpaired) electrons. The first-order chi connectivity index (χ1) is 17.9. The molecule has 0 spiro atoms. The van der Waals surface area contributed by atoms with Crippen LogP contribution in [-0.4, -0.2) is 74.4 Å². The molecule has 0 bridgehead atoms. The van der Waals surface area contributed by atoms with Gasteiger partial charge < -0.3 is 26.2 Å². The summed E-state index contributed by atoms with van der Waals surface area (Å²) in [5.41, 5.74) is 5.31. The summed E-state index contributed by atoms with van der Waals surface area (Å²) in [5, 5.41) is 13.0. The maximum Gasteiger partial charge on any atom is 0.239 e. The zero-order chi connectivity index (χ0) is 27.6. The average Bonchev–Trinajstić information content (AvgIpc) is 2.85. The Balaban J connectivity index is 3.66. The van der Waals surface area contributed by atoms with Gasteiger partial charge in [-0.2, -0.15) is 0 Å². The number of hydrogen-bond acceptors (Lipinski definition) is 4. The Bertz CT molecular complexity index is 770. The molecule has 5 N–H and O–H groups in total. The van der Waals surface area contributed by atoms with Crippen LogP contribution in [0.4, 0.5) is 0 Å². The SMILES string of the molecule is CC/C=C\C/C=C\C/C=C\C/C=C\C/C=C\CCCC(=O)NCCN(C)CCNC(=O)CN(C)C(=N)N. The minimum absolute atomic E-state index is 0.0642. The van der Waals surface area contributed by atoms with Crippen LogP contribution in [0.25, 0.3) is 0 Å². The smallest absolute Gasteiger partial charge is 0.239 e. The molecule has 0 saturated carbocycles. The number of rotatable bonds is 21. The van der Waals surface area contributed by atoms with Gasteiger partial charge in [0.15, 0.2) is 5.96 Å². The lowest BCUT2D eigenvalue weighted by atomic mass is 10.2. The monoisotopic (exact) mass is 514 g/mol. The van der Waals surface area contributed by atoms with E-state index < -0.39 is 0 Å². The number of likely N-dealkylation sites (N-methyl/N-ethyl adjacent to an activating group) is 2. The molecule has 0 aliphatic heterocycles. The van der Waals surface area contributed by atoms with Gasteiger partial charge in [0, 0.05) is 39.6 Å². The van der Waals surface area contributed by atoms with Crippen LogP contribution in [0.1, 0.15) is 58.3 Å². The van der Waals surface area contributed by atoms with E-state index in [4.69, 9.17) is 11.1 Å². The summed E-state index contributed by atoms with van der Waals surface area (Å²) in [4.78, 5) is 27.1. The molecular formula is C29H50N6O2. The van der Waals surface area contributed by atoms with Crippen molar-refractivity contribution in [2.24, 2.45) is 5.73 Å². The number of amides is 2. The first-order valence-corrected chi connectivity index (χ1v) is 13.4. The van der Waals surface area contributed by atoms with Gasteiger partial charge in [0.05, 0.1) is 6.54 Å². The fourth-order valence-electron chi connectivity index (χ4n) is 3.08. The second-order valence-corrected chi connectivity index (χ2v) is 8.84. The minimum atomic E-state index is -0.174.